The van der Waals surface area contributed by atoms with E-state index >= 15 is 0 Å². The summed E-state index contributed by atoms with van der Waals surface area (Å²) in [4.78, 5) is 0. The summed E-state index contributed by atoms with van der Waals surface area (Å²) in [6, 6.07) is 0. The van der Waals surface area contributed by atoms with E-state index in [0.29, 0.717) is 15.7 Å². The van der Waals surface area contributed by atoms with Gasteiger partial charge in [-0.3, -0.25) is 0 Å². The highest BCUT2D eigenvalue weighted by molar-refractivity contribution is 8.01. The molecule has 0 spiro atoms. The van der Waals surface area contributed by atoms with Gasteiger partial charge in [-0.05, 0) is 58.1 Å². The maximum Gasteiger partial charge on any atom is 0.121 e. The van der Waals surface area contributed by atoms with Crippen LogP contribution in [0, 0.1) is 16.2 Å². The summed E-state index contributed by atoms with van der Waals surface area (Å²) in [7, 11) is 4.68. The number of hydrogen-bond acceptors (Lipinski definition) is 4. The van der Waals surface area contributed by atoms with E-state index in [4.69, 9.17) is 37.9 Å². The molecule has 0 aromatic carbocycles. The molecular weight excluding hydrogens is 438 g/mol. The fraction of sp³-hybridized carbons (Fsp3) is 0.917. The van der Waals surface area contributed by atoms with Crippen molar-refractivity contribution in [2.75, 3.05) is 5.75 Å². The minimum atomic E-state index is 0.0415. The van der Waals surface area contributed by atoms with Crippen molar-refractivity contribution in [2.24, 2.45) is 16.2 Å². The van der Waals surface area contributed by atoms with Crippen LogP contribution >= 0.6 is 49.6 Å². The van der Waals surface area contributed by atoms with Crippen molar-refractivity contribution in [2.45, 2.75) is 114 Å². The van der Waals surface area contributed by atoms with Crippen LogP contribution in [0.25, 0.3) is 0 Å². The van der Waals surface area contributed by atoms with E-state index in [2.05, 4.69) is 95.8 Å². The van der Waals surface area contributed by atoms with Crippen molar-refractivity contribution >= 4 is 65.3 Å². The van der Waals surface area contributed by atoms with Crippen molar-refractivity contribution in [1.82, 2.24) is 0 Å². The molecule has 0 aromatic rings. The lowest BCUT2D eigenvalue weighted by atomic mass is 9.45. The van der Waals surface area contributed by atoms with Crippen LogP contribution in [-0.4, -0.2) is 41.8 Å². The third-order valence-corrected chi connectivity index (χ3v) is 12.0. The Kier molecular flexibility index (Phi) is 10.0. The largest absolute Gasteiger partial charge is 0.182 e. The Balaban J connectivity index is 3.33. The van der Waals surface area contributed by atoms with E-state index < -0.39 is 0 Å². The van der Waals surface area contributed by atoms with E-state index in [1.807, 2.05) is 0 Å². The summed E-state index contributed by atoms with van der Waals surface area (Å²) in [6.07, 6.45) is 7.06. The van der Waals surface area contributed by atoms with Gasteiger partial charge in [0, 0.05) is 15.7 Å². The maximum atomic E-state index is 5.34. The Hall–Kier alpha value is 1.27. The van der Waals surface area contributed by atoms with Gasteiger partial charge in [0.1, 0.15) is 15.7 Å². The molecule has 0 saturated carbocycles. The molecule has 0 fully saturated rings. The summed E-state index contributed by atoms with van der Waals surface area (Å²) in [6.45, 7) is 21.5. The lowest BCUT2D eigenvalue weighted by molar-refractivity contribution is 0.0420. The molecule has 0 amide bonds. The summed E-state index contributed by atoms with van der Waals surface area (Å²) in [5.41, 5.74) is 2.05. The van der Waals surface area contributed by atoms with Crippen LogP contribution in [0.5, 0.6) is 0 Å². The molecule has 1 aliphatic carbocycles. The van der Waals surface area contributed by atoms with Gasteiger partial charge in [-0.2, -0.15) is 49.6 Å². The minimum Gasteiger partial charge on any atom is -0.182 e. The van der Waals surface area contributed by atoms with Gasteiger partial charge in [0.05, 0.1) is 0 Å². The van der Waals surface area contributed by atoms with Gasteiger partial charge >= 0.3 is 0 Å². The number of hydrogen-bond donors (Lipinski definition) is 3. The quantitative estimate of drug-likeness (QED) is 0.193. The average molecular weight is 487 g/mol. The molecule has 6 heteroatoms. The minimum absolute atomic E-state index is 0.0415. The number of thioether (sulfide) groups is 1. The van der Waals surface area contributed by atoms with Crippen molar-refractivity contribution in [1.29, 1.82) is 0 Å². The Morgan fingerprint density at radius 1 is 1.23 bits per heavy atom. The predicted molar refractivity (Wildman–Crippen MR) is 158 cm³/mol. The highest BCUT2D eigenvalue weighted by atomic mass is 32.2. The zero-order chi connectivity index (χ0) is 23.8. The summed E-state index contributed by atoms with van der Waals surface area (Å²) < 4.78 is 0.0646. The molecule has 0 heterocycles. The number of thiol groups is 3. The number of rotatable bonds is 9. The monoisotopic (exact) mass is 486 g/mol. The first kappa shape index (κ1) is 29.3. The van der Waals surface area contributed by atoms with Gasteiger partial charge in [-0.25, -0.2) is 0 Å². The van der Waals surface area contributed by atoms with Crippen LogP contribution in [-0.2, 0) is 0 Å². The Morgan fingerprint density at radius 2 is 1.77 bits per heavy atom. The molecule has 1 rings (SSSR count). The van der Waals surface area contributed by atoms with Crippen LogP contribution in [0.3, 0.4) is 0 Å². The topological polar surface area (TPSA) is 0 Å². The van der Waals surface area contributed by atoms with E-state index in [1.165, 1.54) is 12.0 Å². The van der Waals surface area contributed by atoms with Crippen molar-refractivity contribution < 1.29 is 0 Å². The van der Waals surface area contributed by atoms with Gasteiger partial charge in [-0.15, -0.1) is 0 Å². The number of allylic oxidation sites excluding steroid dienone is 2. The lowest BCUT2D eigenvalue weighted by Gasteiger charge is -2.56. The van der Waals surface area contributed by atoms with Gasteiger partial charge in [-0.1, -0.05) is 73.5 Å². The Labute approximate surface area is 211 Å². The second kappa shape index (κ2) is 10.3. The van der Waals surface area contributed by atoms with Gasteiger partial charge in [0.2, 0.25) is 0 Å². The van der Waals surface area contributed by atoms with Crippen molar-refractivity contribution in [3.8, 4) is 0 Å². The second-order valence-corrected chi connectivity index (χ2v) is 16.1. The molecule has 0 N–H and O–H groups in total. The molecular formula is C24H48B2S4. The highest BCUT2D eigenvalue weighted by Gasteiger charge is 2.55. The SMILES string of the molecule is BC(C)(S)CC(C)SC1CC=C(C)C(CS)(CC(C)(C)C(C)(C)CC)C(B)(C)C1S. The molecule has 0 aliphatic heterocycles. The lowest BCUT2D eigenvalue weighted by Crippen LogP contribution is -2.49. The smallest absolute Gasteiger partial charge is 0.121 e. The van der Waals surface area contributed by atoms with E-state index in [9.17, 15) is 0 Å². The van der Waals surface area contributed by atoms with Crippen molar-refractivity contribution in [3.63, 3.8) is 0 Å². The molecule has 1 aliphatic rings. The average Bonchev–Trinajstić information content (AvgIpc) is 2.65. The fourth-order valence-corrected chi connectivity index (χ4v) is 8.83. The first-order valence-electron chi connectivity index (χ1n) is 11.7. The van der Waals surface area contributed by atoms with Crippen LogP contribution in [0.2, 0.25) is 5.31 Å². The summed E-state index contributed by atoms with van der Waals surface area (Å²) >= 11 is 17.2. The van der Waals surface area contributed by atoms with E-state index in [0.717, 1.165) is 25.0 Å². The Morgan fingerprint density at radius 3 is 2.20 bits per heavy atom. The van der Waals surface area contributed by atoms with Crippen molar-refractivity contribution in [3.05, 3.63) is 11.6 Å². The highest BCUT2D eigenvalue weighted by Crippen LogP contribution is 2.63. The fourth-order valence-electron chi connectivity index (χ4n) is 5.28. The Bertz CT molecular complexity index is 607. The molecule has 30 heavy (non-hydrogen) atoms. The molecule has 0 saturated heterocycles. The second-order valence-electron chi connectivity index (χ2n) is 12.3. The molecule has 0 bridgehead atoms. The third kappa shape index (κ3) is 6.23. The predicted octanol–water partition coefficient (Wildman–Crippen LogP) is 6.37. The standard InChI is InChI=1S/C24H48B2S4/c1-10-20(4,5)21(6,7)14-24(15-27)16(2)11-12-18(19(28)23(24,9)26)30-17(3)13-22(8,25)29/h11,17-19,27-29H,10,12-15,25-26H2,1-9H3. The first-order valence-corrected chi connectivity index (χ1v) is 14.2. The van der Waals surface area contributed by atoms with E-state index in [1.54, 1.807) is 0 Å². The zero-order valence-electron chi connectivity index (χ0n) is 21.6. The molecule has 0 nitrogen and oxygen atoms in total. The van der Waals surface area contributed by atoms with Gasteiger partial charge in [0.15, 0.2) is 0 Å². The van der Waals surface area contributed by atoms with Crippen LogP contribution in [0.1, 0.15) is 88.0 Å². The van der Waals surface area contributed by atoms with Gasteiger partial charge < -0.3 is 0 Å². The van der Waals surface area contributed by atoms with Gasteiger partial charge in [0.25, 0.3) is 0 Å². The molecule has 0 aromatic heterocycles. The van der Waals surface area contributed by atoms with Crippen LogP contribution < -0.4 is 0 Å². The zero-order valence-corrected chi connectivity index (χ0v) is 25.1. The normalized spacial score (nSPS) is 34.1. The summed E-state index contributed by atoms with van der Waals surface area (Å²) in [5.74, 6) is 0.874. The van der Waals surface area contributed by atoms with Crippen LogP contribution in [0.4, 0.5) is 0 Å². The van der Waals surface area contributed by atoms with E-state index in [-0.39, 0.29) is 26.2 Å². The molecule has 0 radical (unpaired) electrons. The molecule has 174 valence electrons. The first-order chi connectivity index (χ1) is 13.4. The maximum absolute atomic E-state index is 5.34. The third-order valence-electron chi connectivity index (χ3n) is 8.66. The van der Waals surface area contributed by atoms with Crippen LogP contribution in [0.15, 0.2) is 11.6 Å². The molecule has 6 atom stereocenters. The molecule has 6 unspecified atom stereocenters. The summed E-state index contributed by atoms with van der Waals surface area (Å²) in [5, 5.41) is 1.44.